The van der Waals surface area contributed by atoms with Crippen LogP contribution in [0.1, 0.15) is 18.4 Å². The molecule has 1 unspecified atom stereocenters. The summed E-state index contributed by atoms with van der Waals surface area (Å²) in [5.74, 6) is 0. The minimum atomic E-state index is -0.360. The Morgan fingerprint density at radius 3 is 3.06 bits per heavy atom. The summed E-state index contributed by atoms with van der Waals surface area (Å²) in [6.07, 6.45) is 5.70. The van der Waals surface area contributed by atoms with Gasteiger partial charge < -0.3 is 10.5 Å². The van der Waals surface area contributed by atoms with E-state index in [2.05, 4.69) is 23.2 Å². The van der Waals surface area contributed by atoms with Crippen LogP contribution in [0.2, 0.25) is 0 Å². The monoisotopic (exact) mass is 228 g/mol. The lowest BCUT2D eigenvalue weighted by atomic mass is 9.83. The predicted molar refractivity (Wildman–Crippen MR) is 67.7 cm³/mol. The van der Waals surface area contributed by atoms with Gasteiger partial charge in [0.05, 0.1) is 12.1 Å². The molecule has 1 aromatic carbocycles. The van der Waals surface area contributed by atoms with Gasteiger partial charge in [-0.2, -0.15) is 0 Å². The molecular weight excluding hydrogens is 212 g/mol. The summed E-state index contributed by atoms with van der Waals surface area (Å²) in [4.78, 5) is 4.20. The Kier molecular flexibility index (Phi) is 2.57. The molecule has 3 nitrogen and oxygen atoms in total. The smallest absolute Gasteiger partial charge is 0.0688 e. The van der Waals surface area contributed by atoms with Crippen molar-refractivity contribution in [2.45, 2.75) is 18.4 Å². The standard InChI is InChI=1S/C14H16N2O/c15-14(6-2-8-17-10-14)13-4-1-3-11-5-7-16-9-12(11)13/h1,3-5,7,9H,2,6,8,10,15H2. The average molecular weight is 228 g/mol. The zero-order chi connectivity index (χ0) is 11.7. The lowest BCUT2D eigenvalue weighted by Gasteiger charge is -2.34. The number of pyridine rings is 1. The molecule has 1 aliphatic heterocycles. The number of hydrogen-bond donors (Lipinski definition) is 1. The van der Waals surface area contributed by atoms with E-state index in [9.17, 15) is 0 Å². The van der Waals surface area contributed by atoms with E-state index < -0.39 is 0 Å². The molecule has 0 spiro atoms. The Morgan fingerprint density at radius 1 is 1.29 bits per heavy atom. The Morgan fingerprint density at radius 2 is 2.24 bits per heavy atom. The largest absolute Gasteiger partial charge is 0.379 e. The zero-order valence-corrected chi connectivity index (χ0v) is 9.73. The molecule has 3 heteroatoms. The van der Waals surface area contributed by atoms with Gasteiger partial charge in [-0.1, -0.05) is 18.2 Å². The normalized spacial score (nSPS) is 25.0. The summed E-state index contributed by atoms with van der Waals surface area (Å²) in [6.45, 7) is 1.42. The van der Waals surface area contributed by atoms with Crippen molar-refractivity contribution in [2.24, 2.45) is 5.73 Å². The third kappa shape index (κ3) is 1.81. The van der Waals surface area contributed by atoms with Crippen LogP contribution in [0.15, 0.2) is 36.7 Å². The quantitative estimate of drug-likeness (QED) is 0.814. The summed E-state index contributed by atoms with van der Waals surface area (Å²) >= 11 is 0. The second kappa shape index (κ2) is 4.09. The van der Waals surface area contributed by atoms with Crippen LogP contribution in [-0.4, -0.2) is 18.2 Å². The third-order valence-electron chi connectivity index (χ3n) is 3.49. The highest BCUT2D eigenvalue weighted by Gasteiger charge is 2.31. The molecule has 0 saturated carbocycles. The van der Waals surface area contributed by atoms with Gasteiger partial charge in [0.25, 0.3) is 0 Å². The fraction of sp³-hybridized carbons (Fsp3) is 0.357. The molecule has 0 bridgehead atoms. The third-order valence-corrected chi connectivity index (χ3v) is 3.49. The average Bonchev–Trinajstić information content (AvgIpc) is 2.39. The van der Waals surface area contributed by atoms with E-state index in [1.807, 2.05) is 18.5 Å². The molecule has 1 aromatic heterocycles. The number of ether oxygens (including phenoxy) is 1. The van der Waals surface area contributed by atoms with Crippen molar-refractivity contribution in [1.29, 1.82) is 0 Å². The minimum absolute atomic E-state index is 0.360. The van der Waals surface area contributed by atoms with Gasteiger partial charge in [0.1, 0.15) is 0 Å². The van der Waals surface area contributed by atoms with Gasteiger partial charge in [0.2, 0.25) is 0 Å². The molecule has 1 saturated heterocycles. The Bertz CT molecular complexity index is 527. The molecule has 1 atom stereocenters. The van der Waals surface area contributed by atoms with Crippen LogP contribution in [0.3, 0.4) is 0 Å². The summed E-state index contributed by atoms with van der Waals surface area (Å²) in [5, 5.41) is 2.33. The first-order valence-electron chi connectivity index (χ1n) is 5.99. The topological polar surface area (TPSA) is 48.1 Å². The fourth-order valence-corrected chi connectivity index (χ4v) is 2.58. The van der Waals surface area contributed by atoms with Gasteiger partial charge in [-0.15, -0.1) is 0 Å². The molecule has 0 aliphatic carbocycles. The highest BCUT2D eigenvalue weighted by Crippen LogP contribution is 2.32. The van der Waals surface area contributed by atoms with Crippen molar-refractivity contribution in [3.63, 3.8) is 0 Å². The maximum atomic E-state index is 6.49. The fourth-order valence-electron chi connectivity index (χ4n) is 2.58. The van der Waals surface area contributed by atoms with E-state index in [0.29, 0.717) is 6.61 Å². The van der Waals surface area contributed by atoms with Crippen LogP contribution in [0.5, 0.6) is 0 Å². The Balaban J connectivity index is 2.16. The van der Waals surface area contributed by atoms with Crippen molar-refractivity contribution >= 4 is 10.8 Å². The van der Waals surface area contributed by atoms with Gasteiger partial charge in [0.15, 0.2) is 0 Å². The second-order valence-electron chi connectivity index (χ2n) is 4.71. The van der Waals surface area contributed by atoms with Crippen LogP contribution >= 0.6 is 0 Å². The van der Waals surface area contributed by atoms with Crippen molar-refractivity contribution in [3.05, 3.63) is 42.2 Å². The predicted octanol–water partition coefficient (Wildman–Crippen LogP) is 2.20. The number of rotatable bonds is 1. The number of hydrogen-bond acceptors (Lipinski definition) is 3. The summed E-state index contributed by atoms with van der Waals surface area (Å²) in [7, 11) is 0. The van der Waals surface area contributed by atoms with E-state index in [4.69, 9.17) is 10.5 Å². The van der Waals surface area contributed by atoms with E-state index >= 15 is 0 Å². The molecule has 2 N–H and O–H groups in total. The van der Waals surface area contributed by atoms with Crippen LogP contribution in [-0.2, 0) is 10.3 Å². The van der Waals surface area contributed by atoms with E-state index in [-0.39, 0.29) is 5.54 Å². The van der Waals surface area contributed by atoms with Crippen molar-refractivity contribution in [3.8, 4) is 0 Å². The van der Waals surface area contributed by atoms with Gasteiger partial charge >= 0.3 is 0 Å². The number of benzene rings is 1. The number of nitrogens with two attached hydrogens (primary N) is 1. The van der Waals surface area contributed by atoms with Crippen LogP contribution in [0, 0.1) is 0 Å². The molecular formula is C14H16N2O. The first-order chi connectivity index (χ1) is 8.30. The number of aromatic nitrogens is 1. The lowest BCUT2D eigenvalue weighted by molar-refractivity contribution is 0.0373. The first-order valence-corrected chi connectivity index (χ1v) is 5.99. The summed E-state index contributed by atoms with van der Waals surface area (Å²) in [5.41, 5.74) is 7.29. The van der Waals surface area contributed by atoms with Gasteiger partial charge in [-0.05, 0) is 29.9 Å². The maximum Gasteiger partial charge on any atom is 0.0688 e. The molecule has 0 amide bonds. The molecule has 88 valence electrons. The van der Waals surface area contributed by atoms with Gasteiger partial charge in [0, 0.05) is 24.4 Å². The van der Waals surface area contributed by atoms with Gasteiger partial charge in [-0.25, -0.2) is 0 Å². The van der Waals surface area contributed by atoms with Crippen molar-refractivity contribution in [1.82, 2.24) is 4.98 Å². The lowest BCUT2D eigenvalue weighted by Crippen LogP contribution is -2.44. The molecule has 1 aliphatic rings. The molecule has 17 heavy (non-hydrogen) atoms. The highest BCUT2D eigenvalue weighted by molar-refractivity contribution is 5.85. The van der Waals surface area contributed by atoms with E-state index in [0.717, 1.165) is 30.4 Å². The summed E-state index contributed by atoms with van der Waals surface area (Å²) < 4.78 is 5.54. The van der Waals surface area contributed by atoms with Crippen molar-refractivity contribution < 1.29 is 4.74 Å². The molecule has 3 rings (SSSR count). The Labute approximate surface area is 101 Å². The maximum absolute atomic E-state index is 6.49. The Hall–Kier alpha value is -1.45. The van der Waals surface area contributed by atoms with Crippen LogP contribution in [0.4, 0.5) is 0 Å². The van der Waals surface area contributed by atoms with E-state index in [1.165, 1.54) is 5.39 Å². The molecule has 2 heterocycles. The first kappa shape index (κ1) is 10.7. The molecule has 1 fully saturated rings. The SMILES string of the molecule is NC1(c2cccc3ccncc23)CCCOC1. The van der Waals surface area contributed by atoms with Crippen LogP contribution in [0.25, 0.3) is 10.8 Å². The summed E-state index contributed by atoms with van der Waals surface area (Å²) in [6, 6.07) is 8.26. The van der Waals surface area contributed by atoms with E-state index in [1.54, 1.807) is 0 Å². The molecule has 2 aromatic rings. The second-order valence-corrected chi connectivity index (χ2v) is 4.71. The van der Waals surface area contributed by atoms with Crippen molar-refractivity contribution in [2.75, 3.05) is 13.2 Å². The highest BCUT2D eigenvalue weighted by atomic mass is 16.5. The number of nitrogens with zero attached hydrogens (tertiary/aromatic N) is 1. The zero-order valence-electron chi connectivity index (χ0n) is 9.73. The minimum Gasteiger partial charge on any atom is -0.379 e. The van der Waals surface area contributed by atoms with Crippen LogP contribution < -0.4 is 5.73 Å². The molecule has 0 radical (unpaired) electrons. The van der Waals surface area contributed by atoms with Gasteiger partial charge in [-0.3, -0.25) is 4.98 Å². The number of fused-ring (bicyclic) bond motifs is 1.